The van der Waals surface area contributed by atoms with E-state index in [0.717, 1.165) is 17.3 Å². The van der Waals surface area contributed by atoms with Gasteiger partial charge in [0.05, 0.1) is 12.5 Å². The molecule has 0 spiro atoms. The van der Waals surface area contributed by atoms with E-state index in [1.54, 1.807) is 0 Å². The molecule has 1 N–H and O–H groups in total. The predicted molar refractivity (Wildman–Crippen MR) is 69.4 cm³/mol. The lowest BCUT2D eigenvalue weighted by molar-refractivity contribution is 0.580. The predicted octanol–water partition coefficient (Wildman–Crippen LogP) is 3.64. The molecule has 0 aliphatic heterocycles. The zero-order valence-corrected chi connectivity index (χ0v) is 10.2. The largest absolute Gasteiger partial charge is 0.381 e. The molecule has 0 atom stereocenters. The van der Waals surface area contributed by atoms with E-state index in [-0.39, 0.29) is 0 Å². The Hall–Kier alpha value is -2.41. The van der Waals surface area contributed by atoms with Crippen molar-refractivity contribution in [1.29, 1.82) is 5.26 Å². The summed E-state index contributed by atoms with van der Waals surface area (Å²) in [5.41, 5.74) is 2.31. The number of nitriles is 1. The van der Waals surface area contributed by atoms with Crippen LogP contribution >= 0.6 is 0 Å². The molecule has 0 fully saturated rings. The van der Waals surface area contributed by atoms with Crippen LogP contribution in [0.5, 0.6) is 0 Å². The van der Waals surface area contributed by atoms with Crippen LogP contribution in [0.3, 0.4) is 0 Å². The van der Waals surface area contributed by atoms with Crippen LogP contribution in [0.15, 0.2) is 42.5 Å². The first-order valence-corrected chi connectivity index (χ1v) is 5.82. The van der Waals surface area contributed by atoms with Crippen LogP contribution < -0.4 is 5.32 Å². The molecule has 0 heterocycles. The van der Waals surface area contributed by atoms with E-state index in [4.69, 9.17) is 5.26 Å². The van der Waals surface area contributed by atoms with Crippen LogP contribution in [-0.2, 0) is 13.0 Å². The Morgan fingerprint density at radius 2 is 1.58 bits per heavy atom. The van der Waals surface area contributed by atoms with E-state index in [1.165, 1.54) is 12.1 Å². The Kier molecular flexibility index (Phi) is 4.09. The van der Waals surface area contributed by atoms with Crippen LogP contribution in [0.2, 0.25) is 0 Å². The highest BCUT2D eigenvalue weighted by Gasteiger charge is 2.01. The molecule has 0 saturated heterocycles. The van der Waals surface area contributed by atoms with Crippen molar-refractivity contribution in [2.45, 2.75) is 13.0 Å². The molecule has 0 aliphatic carbocycles. The molecule has 19 heavy (non-hydrogen) atoms. The lowest BCUT2D eigenvalue weighted by atomic mass is 10.1. The molecular formula is C15H12F2N2. The third kappa shape index (κ3) is 3.78. The highest BCUT2D eigenvalue weighted by Crippen LogP contribution is 2.13. The van der Waals surface area contributed by atoms with Gasteiger partial charge in [0.15, 0.2) is 0 Å². The van der Waals surface area contributed by atoms with Gasteiger partial charge in [0.25, 0.3) is 0 Å². The Bertz CT molecular complexity index is 580. The summed E-state index contributed by atoms with van der Waals surface area (Å²) in [6.07, 6.45) is 0.370. The van der Waals surface area contributed by atoms with E-state index in [0.29, 0.717) is 18.5 Å². The van der Waals surface area contributed by atoms with E-state index in [2.05, 4.69) is 11.4 Å². The first-order chi connectivity index (χ1) is 9.17. The van der Waals surface area contributed by atoms with Crippen LogP contribution in [0.4, 0.5) is 14.5 Å². The van der Waals surface area contributed by atoms with Crippen molar-refractivity contribution >= 4 is 5.69 Å². The molecule has 0 bridgehead atoms. The van der Waals surface area contributed by atoms with E-state index in [1.807, 2.05) is 24.3 Å². The van der Waals surface area contributed by atoms with Gasteiger partial charge in [-0.25, -0.2) is 8.78 Å². The third-order valence-electron chi connectivity index (χ3n) is 2.66. The molecule has 96 valence electrons. The van der Waals surface area contributed by atoms with Gasteiger partial charge >= 0.3 is 0 Å². The van der Waals surface area contributed by atoms with E-state index >= 15 is 0 Å². The van der Waals surface area contributed by atoms with Crippen molar-refractivity contribution in [3.63, 3.8) is 0 Å². The maximum Gasteiger partial charge on any atom is 0.126 e. The van der Waals surface area contributed by atoms with Gasteiger partial charge in [0.2, 0.25) is 0 Å². The highest BCUT2D eigenvalue weighted by atomic mass is 19.1. The van der Waals surface area contributed by atoms with E-state index < -0.39 is 11.6 Å². The SMILES string of the molecule is N#CCc1ccc(NCc2cc(F)cc(F)c2)cc1. The number of rotatable bonds is 4. The summed E-state index contributed by atoms with van der Waals surface area (Å²) in [5.74, 6) is -1.16. The third-order valence-corrected chi connectivity index (χ3v) is 2.66. The minimum atomic E-state index is -0.582. The van der Waals surface area contributed by atoms with Gasteiger partial charge in [-0.3, -0.25) is 0 Å². The summed E-state index contributed by atoms with van der Waals surface area (Å²) in [4.78, 5) is 0. The molecule has 2 rings (SSSR count). The first kappa shape index (κ1) is 13.0. The van der Waals surface area contributed by atoms with Gasteiger partial charge in [0.1, 0.15) is 11.6 Å². The lowest BCUT2D eigenvalue weighted by Crippen LogP contribution is -2.00. The molecule has 0 aromatic heterocycles. The number of anilines is 1. The quantitative estimate of drug-likeness (QED) is 0.908. The second kappa shape index (κ2) is 5.96. The summed E-state index contributed by atoms with van der Waals surface area (Å²) in [6.45, 7) is 0.340. The summed E-state index contributed by atoms with van der Waals surface area (Å²) in [6, 6.07) is 12.9. The number of nitrogens with one attached hydrogen (secondary N) is 1. The molecule has 0 unspecified atom stereocenters. The number of nitrogens with zero attached hydrogens (tertiary/aromatic N) is 1. The highest BCUT2D eigenvalue weighted by molar-refractivity contribution is 5.45. The summed E-state index contributed by atoms with van der Waals surface area (Å²) >= 11 is 0. The van der Waals surface area contributed by atoms with Gasteiger partial charge < -0.3 is 5.32 Å². The maximum absolute atomic E-state index is 13.0. The molecule has 2 aromatic rings. The minimum Gasteiger partial charge on any atom is -0.381 e. The van der Waals surface area contributed by atoms with Gasteiger partial charge in [-0.2, -0.15) is 5.26 Å². The smallest absolute Gasteiger partial charge is 0.126 e. The fraction of sp³-hybridized carbons (Fsp3) is 0.133. The molecule has 0 saturated carbocycles. The zero-order valence-electron chi connectivity index (χ0n) is 10.2. The Labute approximate surface area is 110 Å². The average Bonchev–Trinajstić information content (AvgIpc) is 2.37. The molecule has 2 nitrogen and oxygen atoms in total. The molecular weight excluding hydrogens is 246 g/mol. The molecule has 0 amide bonds. The minimum absolute atomic E-state index is 0.340. The summed E-state index contributed by atoms with van der Waals surface area (Å²) in [7, 11) is 0. The Balaban J connectivity index is 2.00. The van der Waals surface area contributed by atoms with Crippen molar-refractivity contribution in [2.24, 2.45) is 0 Å². The summed E-state index contributed by atoms with van der Waals surface area (Å²) in [5, 5.41) is 11.6. The van der Waals surface area contributed by atoms with Crippen molar-refractivity contribution in [1.82, 2.24) is 0 Å². The van der Waals surface area contributed by atoms with Gasteiger partial charge in [-0.05, 0) is 35.4 Å². The van der Waals surface area contributed by atoms with Crippen LogP contribution in [0.25, 0.3) is 0 Å². The van der Waals surface area contributed by atoms with Crippen LogP contribution in [0, 0.1) is 23.0 Å². The molecule has 0 radical (unpaired) electrons. The Morgan fingerprint density at radius 1 is 0.947 bits per heavy atom. The van der Waals surface area contributed by atoms with Crippen molar-refractivity contribution in [3.8, 4) is 6.07 Å². The van der Waals surface area contributed by atoms with Crippen molar-refractivity contribution in [2.75, 3.05) is 5.32 Å². The monoisotopic (exact) mass is 258 g/mol. The number of benzene rings is 2. The lowest BCUT2D eigenvalue weighted by Gasteiger charge is -2.07. The van der Waals surface area contributed by atoms with Crippen molar-refractivity contribution in [3.05, 3.63) is 65.2 Å². The van der Waals surface area contributed by atoms with Gasteiger partial charge in [-0.1, -0.05) is 12.1 Å². The Morgan fingerprint density at radius 3 is 2.16 bits per heavy atom. The fourth-order valence-electron chi connectivity index (χ4n) is 1.75. The number of hydrogen-bond acceptors (Lipinski definition) is 2. The topological polar surface area (TPSA) is 35.8 Å². The molecule has 0 aliphatic rings. The second-order valence-electron chi connectivity index (χ2n) is 4.16. The maximum atomic E-state index is 13.0. The number of halogens is 2. The standard InChI is InChI=1S/C15H12F2N2/c16-13-7-12(8-14(17)9-13)10-19-15-3-1-11(2-4-15)5-6-18/h1-4,7-9,19H,5,10H2. The average molecular weight is 258 g/mol. The van der Waals surface area contributed by atoms with Crippen LogP contribution in [0.1, 0.15) is 11.1 Å². The van der Waals surface area contributed by atoms with Crippen LogP contribution in [-0.4, -0.2) is 0 Å². The number of hydrogen-bond donors (Lipinski definition) is 1. The zero-order chi connectivity index (χ0) is 13.7. The normalized spacial score (nSPS) is 9.95. The first-order valence-electron chi connectivity index (χ1n) is 5.82. The summed E-state index contributed by atoms with van der Waals surface area (Å²) < 4.78 is 26.0. The fourth-order valence-corrected chi connectivity index (χ4v) is 1.75. The molecule has 2 aromatic carbocycles. The van der Waals surface area contributed by atoms with Gasteiger partial charge in [0, 0.05) is 18.3 Å². The van der Waals surface area contributed by atoms with Crippen molar-refractivity contribution < 1.29 is 8.78 Å². The molecule has 4 heteroatoms. The second-order valence-corrected chi connectivity index (χ2v) is 4.16. The van der Waals surface area contributed by atoms with E-state index in [9.17, 15) is 8.78 Å². The van der Waals surface area contributed by atoms with Gasteiger partial charge in [-0.15, -0.1) is 0 Å².